The van der Waals surface area contributed by atoms with E-state index in [4.69, 9.17) is 16.3 Å². The first-order valence-corrected chi connectivity index (χ1v) is 11.6. The third-order valence-corrected chi connectivity index (χ3v) is 6.77. The van der Waals surface area contributed by atoms with Gasteiger partial charge in [-0.2, -0.15) is 0 Å². The smallest absolute Gasteiger partial charge is 0.255 e. The van der Waals surface area contributed by atoms with Gasteiger partial charge in [-0.05, 0) is 74.2 Å². The number of aryl methyl sites for hydroxylation is 1. The van der Waals surface area contributed by atoms with Crippen LogP contribution in [0.2, 0.25) is 5.02 Å². The number of halogens is 1. The standard InChI is InChI=1S/C25H32ClN3O2/c1-28-12-6-7-18-15-19(8-10-22(18)28)23(29-13-4-3-5-14-29)17-27-25(30)21-16-20(26)9-11-24(21)31-2/h8-11,15-16,23H,3-7,12-14,17H2,1-2H3,(H,27,30)/t23-/m1/s1. The van der Waals surface area contributed by atoms with Crippen molar-refractivity contribution in [3.8, 4) is 5.75 Å². The van der Waals surface area contributed by atoms with Crippen LogP contribution >= 0.6 is 11.6 Å². The number of benzene rings is 2. The van der Waals surface area contributed by atoms with E-state index < -0.39 is 0 Å². The summed E-state index contributed by atoms with van der Waals surface area (Å²) < 4.78 is 5.37. The fourth-order valence-corrected chi connectivity index (χ4v) is 5.01. The Hall–Kier alpha value is -2.24. The molecule has 5 nitrogen and oxygen atoms in total. The molecular weight excluding hydrogens is 410 g/mol. The molecule has 0 aliphatic carbocycles. The fourth-order valence-electron chi connectivity index (χ4n) is 4.84. The Morgan fingerprint density at radius 2 is 1.90 bits per heavy atom. The van der Waals surface area contributed by atoms with Crippen LogP contribution < -0.4 is 15.0 Å². The molecular formula is C25H32ClN3O2. The zero-order valence-corrected chi connectivity index (χ0v) is 19.3. The lowest BCUT2D eigenvalue weighted by atomic mass is 9.95. The molecule has 1 fully saturated rings. The van der Waals surface area contributed by atoms with Crippen molar-refractivity contribution in [2.75, 3.05) is 45.2 Å². The van der Waals surface area contributed by atoms with E-state index in [0.29, 0.717) is 22.9 Å². The number of anilines is 1. The molecule has 0 aromatic heterocycles. The lowest BCUT2D eigenvalue weighted by molar-refractivity contribution is 0.0921. The predicted molar refractivity (Wildman–Crippen MR) is 127 cm³/mol. The number of carbonyl (C=O) groups excluding carboxylic acids is 1. The van der Waals surface area contributed by atoms with Gasteiger partial charge < -0.3 is 15.0 Å². The SMILES string of the molecule is COc1ccc(Cl)cc1C(=O)NC[C@H](c1ccc2c(c1)CCCN2C)N1CCCCC1. The van der Waals surface area contributed by atoms with E-state index in [-0.39, 0.29) is 11.9 Å². The number of amides is 1. The van der Waals surface area contributed by atoms with Crippen molar-refractivity contribution in [1.82, 2.24) is 10.2 Å². The minimum atomic E-state index is -0.154. The van der Waals surface area contributed by atoms with Crippen LogP contribution in [-0.2, 0) is 6.42 Å². The summed E-state index contributed by atoms with van der Waals surface area (Å²) in [6.45, 7) is 3.80. The molecule has 1 atom stereocenters. The average Bonchev–Trinajstić information content (AvgIpc) is 2.80. The second-order valence-electron chi connectivity index (χ2n) is 8.58. The molecule has 6 heteroatoms. The second kappa shape index (κ2) is 9.92. The second-order valence-corrected chi connectivity index (χ2v) is 9.02. The van der Waals surface area contributed by atoms with Crippen LogP contribution in [0.1, 0.15) is 53.2 Å². The van der Waals surface area contributed by atoms with Gasteiger partial charge in [0.2, 0.25) is 0 Å². The summed E-state index contributed by atoms with van der Waals surface area (Å²) in [5.74, 6) is 0.382. The normalized spacial score (nSPS) is 17.7. The van der Waals surface area contributed by atoms with Gasteiger partial charge in [0.15, 0.2) is 0 Å². The Morgan fingerprint density at radius 3 is 2.68 bits per heavy atom. The first-order chi connectivity index (χ1) is 15.1. The van der Waals surface area contributed by atoms with Gasteiger partial charge in [-0.15, -0.1) is 0 Å². The summed E-state index contributed by atoms with van der Waals surface area (Å²) in [7, 11) is 3.74. The van der Waals surface area contributed by atoms with E-state index in [2.05, 4.69) is 40.4 Å². The summed E-state index contributed by atoms with van der Waals surface area (Å²) in [5.41, 5.74) is 4.50. The zero-order valence-electron chi connectivity index (χ0n) is 18.5. The highest BCUT2D eigenvalue weighted by Crippen LogP contribution is 2.32. The lowest BCUT2D eigenvalue weighted by Crippen LogP contribution is -2.40. The average molecular weight is 442 g/mol. The van der Waals surface area contributed by atoms with Gasteiger partial charge in [0.1, 0.15) is 5.75 Å². The maximum atomic E-state index is 13.0. The number of likely N-dealkylation sites (tertiary alicyclic amines) is 1. The number of methoxy groups -OCH3 is 1. The Morgan fingerprint density at radius 1 is 1.10 bits per heavy atom. The molecule has 166 valence electrons. The molecule has 1 saturated heterocycles. The van der Waals surface area contributed by atoms with Gasteiger partial charge in [-0.1, -0.05) is 30.2 Å². The van der Waals surface area contributed by atoms with Crippen molar-refractivity contribution in [1.29, 1.82) is 0 Å². The number of carbonyl (C=O) groups is 1. The van der Waals surface area contributed by atoms with Crippen molar-refractivity contribution < 1.29 is 9.53 Å². The van der Waals surface area contributed by atoms with Crippen molar-refractivity contribution >= 4 is 23.2 Å². The maximum absolute atomic E-state index is 13.0. The van der Waals surface area contributed by atoms with Crippen molar-refractivity contribution in [2.24, 2.45) is 0 Å². The molecule has 2 aliphatic heterocycles. The Bertz CT molecular complexity index is 927. The number of fused-ring (bicyclic) bond motifs is 1. The van der Waals surface area contributed by atoms with Crippen molar-refractivity contribution in [2.45, 2.75) is 38.1 Å². The first kappa shape index (κ1) is 22.0. The molecule has 1 N–H and O–H groups in total. The van der Waals surface area contributed by atoms with Gasteiger partial charge in [0.25, 0.3) is 5.91 Å². The minimum Gasteiger partial charge on any atom is -0.496 e. The zero-order chi connectivity index (χ0) is 21.8. The molecule has 0 radical (unpaired) electrons. The molecule has 4 rings (SSSR count). The van der Waals surface area contributed by atoms with Crippen LogP contribution in [0.4, 0.5) is 5.69 Å². The monoisotopic (exact) mass is 441 g/mol. The molecule has 2 aliphatic rings. The summed E-state index contributed by atoms with van der Waals surface area (Å²) in [5, 5.41) is 3.68. The van der Waals surface area contributed by atoms with Crippen LogP contribution in [0.25, 0.3) is 0 Å². The summed E-state index contributed by atoms with van der Waals surface area (Å²) >= 11 is 6.13. The number of ether oxygens (including phenoxy) is 1. The highest BCUT2D eigenvalue weighted by Gasteiger charge is 2.25. The summed E-state index contributed by atoms with van der Waals surface area (Å²) in [6, 6.07) is 12.1. The largest absolute Gasteiger partial charge is 0.496 e. The van der Waals surface area contributed by atoms with E-state index >= 15 is 0 Å². The third-order valence-electron chi connectivity index (χ3n) is 6.53. The quantitative estimate of drug-likeness (QED) is 0.706. The summed E-state index contributed by atoms with van der Waals surface area (Å²) in [6.07, 6.45) is 6.00. The Labute approximate surface area is 190 Å². The molecule has 31 heavy (non-hydrogen) atoms. The van der Waals surface area contributed by atoms with E-state index in [1.54, 1.807) is 25.3 Å². The number of nitrogens with zero attached hydrogens (tertiary/aromatic N) is 2. The number of hydrogen-bond acceptors (Lipinski definition) is 4. The minimum absolute atomic E-state index is 0.154. The Balaban J connectivity index is 1.56. The van der Waals surface area contributed by atoms with E-state index in [0.717, 1.165) is 26.1 Å². The van der Waals surface area contributed by atoms with E-state index in [1.807, 2.05) is 0 Å². The molecule has 1 amide bonds. The molecule has 2 aromatic rings. The topological polar surface area (TPSA) is 44.8 Å². The maximum Gasteiger partial charge on any atom is 0.255 e. The van der Waals surface area contributed by atoms with Crippen LogP contribution in [-0.4, -0.2) is 51.1 Å². The van der Waals surface area contributed by atoms with E-state index in [9.17, 15) is 4.79 Å². The molecule has 0 saturated carbocycles. The van der Waals surface area contributed by atoms with Crippen LogP contribution in [0.5, 0.6) is 5.75 Å². The lowest BCUT2D eigenvalue weighted by Gasteiger charge is -2.36. The molecule has 0 unspecified atom stereocenters. The molecule has 2 heterocycles. The molecule has 0 bridgehead atoms. The number of rotatable bonds is 6. The van der Waals surface area contributed by atoms with Crippen LogP contribution in [0.15, 0.2) is 36.4 Å². The molecule has 2 aromatic carbocycles. The fraction of sp³-hybridized carbons (Fsp3) is 0.480. The number of piperidine rings is 1. The number of nitrogens with one attached hydrogen (secondary N) is 1. The van der Waals surface area contributed by atoms with Gasteiger partial charge in [-0.25, -0.2) is 0 Å². The van der Waals surface area contributed by atoms with E-state index in [1.165, 1.54) is 42.5 Å². The first-order valence-electron chi connectivity index (χ1n) is 11.3. The van der Waals surface area contributed by atoms with Crippen molar-refractivity contribution in [3.63, 3.8) is 0 Å². The predicted octanol–water partition coefficient (Wildman–Crippen LogP) is 4.69. The van der Waals surface area contributed by atoms with Crippen LogP contribution in [0, 0.1) is 0 Å². The van der Waals surface area contributed by atoms with Crippen LogP contribution in [0.3, 0.4) is 0 Å². The molecule has 0 spiro atoms. The van der Waals surface area contributed by atoms with Gasteiger partial charge in [0, 0.05) is 30.8 Å². The van der Waals surface area contributed by atoms with Crippen molar-refractivity contribution in [3.05, 3.63) is 58.1 Å². The highest BCUT2D eigenvalue weighted by molar-refractivity contribution is 6.31. The highest BCUT2D eigenvalue weighted by atomic mass is 35.5. The van der Waals surface area contributed by atoms with Gasteiger partial charge in [-0.3, -0.25) is 9.69 Å². The Kier molecular flexibility index (Phi) is 7.03. The number of hydrogen-bond donors (Lipinski definition) is 1. The van der Waals surface area contributed by atoms with Gasteiger partial charge in [0.05, 0.1) is 18.7 Å². The summed E-state index contributed by atoms with van der Waals surface area (Å²) in [4.78, 5) is 17.9. The third kappa shape index (κ3) is 4.99. The van der Waals surface area contributed by atoms with Gasteiger partial charge >= 0.3 is 0 Å².